The van der Waals surface area contributed by atoms with E-state index in [0.29, 0.717) is 26.4 Å². The van der Waals surface area contributed by atoms with E-state index in [2.05, 4.69) is 34.5 Å². The molecule has 0 aromatic heterocycles. The Kier molecular flexibility index (Phi) is 4.30. The van der Waals surface area contributed by atoms with Gasteiger partial charge in [0.1, 0.15) is 0 Å². The molecule has 1 atom stereocenters. The summed E-state index contributed by atoms with van der Waals surface area (Å²) in [6.07, 6.45) is -0.445. The first-order chi connectivity index (χ1) is 9.83. The zero-order chi connectivity index (χ0) is 13.8. The van der Waals surface area contributed by atoms with E-state index in [1.165, 1.54) is 11.1 Å². The van der Waals surface area contributed by atoms with Gasteiger partial charge in [-0.3, -0.25) is 9.69 Å². The molecule has 3 rings (SSSR count). The van der Waals surface area contributed by atoms with Crippen LogP contribution in [0.5, 0.6) is 0 Å². The van der Waals surface area contributed by atoms with Crippen LogP contribution in [0.2, 0.25) is 0 Å². The van der Waals surface area contributed by atoms with E-state index in [9.17, 15) is 4.79 Å². The highest BCUT2D eigenvalue weighted by Gasteiger charge is 2.23. The van der Waals surface area contributed by atoms with Crippen LogP contribution in [0.1, 0.15) is 11.1 Å². The number of ether oxygens (including phenoxy) is 2. The second kappa shape index (κ2) is 6.35. The molecule has 0 bridgehead atoms. The number of hydrogen-bond acceptors (Lipinski definition) is 4. The SMILES string of the molecule is O=C(NCCN1Cc2ccccc2C1)C1COCCO1. The highest BCUT2D eigenvalue weighted by atomic mass is 16.6. The van der Waals surface area contributed by atoms with Gasteiger partial charge in [-0.1, -0.05) is 24.3 Å². The van der Waals surface area contributed by atoms with E-state index >= 15 is 0 Å². The average molecular weight is 276 g/mol. The molecule has 5 nitrogen and oxygen atoms in total. The van der Waals surface area contributed by atoms with Crippen molar-refractivity contribution in [3.05, 3.63) is 35.4 Å². The van der Waals surface area contributed by atoms with Crippen LogP contribution >= 0.6 is 0 Å². The van der Waals surface area contributed by atoms with Gasteiger partial charge in [0.25, 0.3) is 5.91 Å². The predicted molar refractivity (Wildman–Crippen MR) is 74.1 cm³/mol. The number of amides is 1. The maximum Gasteiger partial charge on any atom is 0.251 e. The third-order valence-electron chi connectivity index (χ3n) is 3.74. The molecule has 0 spiro atoms. The van der Waals surface area contributed by atoms with Crippen LogP contribution in [0.3, 0.4) is 0 Å². The molecule has 0 radical (unpaired) electrons. The van der Waals surface area contributed by atoms with Crippen LogP contribution < -0.4 is 5.32 Å². The van der Waals surface area contributed by atoms with Crippen LogP contribution in [0.15, 0.2) is 24.3 Å². The van der Waals surface area contributed by atoms with E-state index in [1.54, 1.807) is 0 Å². The third kappa shape index (κ3) is 3.17. The molecule has 1 aromatic rings. The Labute approximate surface area is 118 Å². The normalized spacial score (nSPS) is 22.5. The fourth-order valence-corrected chi connectivity index (χ4v) is 2.65. The second-order valence-corrected chi connectivity index (χ2v) is 5.20. The van der Waals surface area contributed by atoms with Crippen molar-refractivity contribution in [3.8, 4) is 0 Å². The number of rotatable bonds is 4. The lowest BCUT2D eigenvalue weighted by molar-refractivity contribution is -0.147. The average Bonchev–Trinajstić information content (AvgIpc) is 2.90. The zero-order valence-corrected chi connectivity index (χ0v) is 11.5. The molecule has 2 aliphatic rings. The fraction of sp³-hybridized carbons (Fsp3) is 0.533. The second-order valence-electron chi connectivity index (χ2n) is 5.20. The molecule has 2 heterocycles. The minimum absolute atomic E-state index is 0.0681. The number of carbonyl (C=O) groups is 1. The summed E-state index contributed by atoms with van der Waals surface area (Å²) in [6, 6.07) is 8.48. The number of nitrogens with one attached hydrogen (secondary N) is 1. The van der Waals surface area contributed by atoms with E-state index < -0.39 is 6.10 Å². The van der Waals surface area contributed by atoms with Gasteiger partial charge >= 0.3 is 0 Å². The summed E-state index contributed by atoms with van der Waals surface area (Å²) in [4.78, 5) is 14.2. The topological polar surface area (TPSA) is 50.8 Å². The van der Waals surface area contributed by atoms with Crippen LogP contribution in [0.4, 0.5) is 0 Å². The van der Waals surface area contributed by atoms with E-state index in [1.807, 2.05) is 0 Å². The van der Waals surface area contributed by atoms with Gasteiger partial charge in [0, 0.05) is 26.2 Å². The lowest BCUT2D eigenvalue weighted by atomic mass is 10.1. The molecule has 1 fully saturated rings. The maximum atomic E-state index is 11.9. The van der Waals surface area contributed by atoms with Crippen LogP contribution in [0.25, 0.3) is 0 Å². The fourth-order valence-electron chi connectivity index (χ4n) is 2.65. The van der Waals surface area contributed by atoms with Gasteiger partial charge in [-0.05, 0) is 11.1 Å². The Morgan fingerprint density at radius 2 is 2.00 bits per heavy atom. The first-order valence-corrected chi connectivity index (χ1v) is 7.09. The highest BCUT2D eigenvalue weighted by Crippen LogP contribution is 2.21. The van der Waals surface area contributed by atoms with Gasteiger partial charge in [0.05, 0.1) is 19.8 Å². The zero-order valence-electron chi connectivity index (χ0n) is 11.5. The number of hydrogen-bond donors (Lipinski definition) is 1. The molecular formula is C15H20N2O3. The molecule has 0 saturated carbocycles. The Morgan fingerprint density at radius 3 is 2.65 bits per heavy atom. The van der Waals surface area contributed by atoms with Gasteiger partial charge in [-0.2, -0.15) is 0 Å². The lowest BCUT2D eigenvalue weighted by Crippen LogP contribution is -2.44. The Bertz CT molecular complexity index is 447. The summed E-state index contributed by atoms with van der Waals surface area (Å²) in [5.41, 5.74) is 2.78. The molecule has 1 saturated heterocycles. The van der Waals surface area contributed by atoms with E-state index in [4.69, 9.17) is 9.47 Å². The summed E-state index contributed by atoms with van der Waals surface area (Å²) >= 11 is 0. The number of fused-ring (bicyclic) bond motifs is 1. The van der Waals surface area contributed by atoms with E-state index in [-0.39, 0.29) is 5.91 Å². The minimum atomic E-state index is -0.445. The quantitative estimate of drug-likeness (QED) is 0.872. The van der Waals surface area contributed by atoms with Crippen LogP contribution in [-0.2, 0) is 27.4 Å². The summed E-state index contributed by atoms with van der Waals surface area (Å²) in [5.74, 6) is -0.0681. The molecule has 1 aromatic carbocycles. The number of carbonyl (C=O) groups excluding carboxylic acids is 1. The molecule has 5 heteroatoms. The largest absolute Gasteiger partial charge is 0.376 e. The summed E-state index contributed by atoms with van der Waals surface area (Å²) in [6.45, 7) is 4.88. The van der Waals surface area contributed by atoms with Crippen molar-refractivity contribution in [1.29, 1.82) is 0 Å². The van der Waals surface area contributed by atoms with Crippen molar-refractivity contribution < 1.29 is 14.3 Å². The molecule has 2 aliphatic heterocycles. The van der Waals surface area contributed by atoms with Gasteiger partial charge in [0.15, 0.2) is 6.10 Å². The van der Waals surface area contributed by atoms with Gasteiger partial charge in [0.2, 0.25) is 0 Å². The monoisotopic (exact) mass is 276 g/mol. The lowest BCUT2D eigenvalue weighted by Gasteiger charge is -2.22. The van der Waals surface area contributed by atoms with Gasteiger partial charge in [-0.15, -0.1) is 0 Å². The smallest absolute Gasteiger partial charge is 0.251 e. The highest BCUT2D eigenvalue weighted by molar-refractivity contribution is 5.80. The minimum Gasteiger partial charge on any atom is -0.376 e. The Balaban J connectivity index is 1.39. The van der Waals surface area contributed by atoms with Crippen molar-refractivity contribution in [2.45, 2.75) is 19.2 Å². The molecule has 1 amide bonds. The van der Waals surface area contributed by atoms with Crippen molar-refractivity contribution in [2.24, 2.45) is 0 Å². The van der Waals surface area contributed by atoms with Gasteiger partial charge in [-0.25, -0.2) is 0 Å². The Morgan fingerprint density at radius 1 is 1.25 bits per heavy atom. The molecule has 1 unspecified atom stereocenters. The predicted octanol–water partition coefficient (Wildman–Crippen LogP) is 0.534. The van der Waals surface area contributed by atoms with Crippen molar-refractivity contribution in [3.63, 3.8) is 0 Å². The first kappa shape index (κ1) is 13.5. The van der Waals surface area contributed by atoms with Gasteiger partial charge < -0.3 is 14.8 Å². The summed E-state index contributed by atoms with van der Waals surface area (Å²) in [5, 5.41) is 2.92. The molecule has 0 aliphatic carbocycles. The Hall–Kier alpha value is -1.43. The van der Waals surface area contributed by atoms with Crippen molar-refractivity contribution in [2.75, 3.05) is 32.9 Å². The molecule has 108 valence electrons. The first-order valence-electron chi connectivity index (χ1n) is 7.09. The molecule has 20 heavy (non-hydrogen) atoms. The van der Waals surface area contributed by atoms with Crippen molar-refractivity contribution >= 4 is 5.91 Å². The van der Waals surface area contributed by atoms with Crippen molar-refractivity contribution in [1.82, 2.24) is 10.2 Å². The molecular weight excluding hydrogens is 256 g/mol. The third-order valence-corrected chi connectivity index (χ3v) is 3.74. The maximum absolute atomic E-state index is 11.9. The van der Waals surface area contributed by atoms with E-state index in [0.717, 1.165) is 19.6 Å². The van der Waals surface area contributed by atoms with Crippen LogP contribution in [-0.4, -0.2) is 49.8 Å². The number of benzene rings is 1. The summed E-state index contributed by atoms with van der Waals surface area (Å²) < 4.78 is 10.6. The number of nitrogens with zero attached hydrogens (tertiary/aromatic N) is 1. The summed E-state index contributed by atoms with van der Waals surface area (Å²) in [7, 11) is 0. The molecule has 1 N–H and O–H groups in total. The standard InChI is InChI=1S/C15H20N2O3/c18-15(14-11-19-7-8-20-14)16-5-6-17-9-12-3-1-2-4-13(12)10-17/h1-4,14H,5-11H2,(H,16,18). The van der Waals surface area contributed by atoms with Crippen LogP contribution in [0, 0.1) is 0 Å².